The summed E-state index contributed by atoms with van der Waals surface area (Å²) < 4.78 is 10.6. The van der Waals surface area contributed by atoms with E-state index in [4.69, 9.17) is 15.2 Å². The molecule has 110 valence electrons. The van der Waals surface area contributed by atoms with Gasteiger partial charge < -0.3 is 25.4 Å². The van der Waals surface area contributed by atoms with Crippen LogP contribution >= 0.6 is 0 Å². The number of benzene rings is 1. The first-order chi connectivity index (χ1) is 9.72. The highest BCUT2D eigenvalue weighted by Crippen LogP contribution is 2.30. The lowest BCUT2D eigenvalue weighted by Crippen LogP contribution is -2.56. The van der Waals surface area contributed by atoms with Gasteiger partial charge in [-0.05, 0) is 12.1 Å². The second-order valence-corrected chi connectivity index (χ2v) is 4.63. The molecule has 1 fully saturated rings. The molecule has 1 atom stereocenters. The van der Waals surface area contributed by atoms with Crippen LogP contribution in [0.3, 0.4) is 0 Å². The minimum atomic E-state index is -0.101. The Labute approximate surface area is 118 Å². The third kappa shape index (κ3) is 2.71. The molecule has 0 spiro atoms. The number of hydrogen-bond donors (Lipinski definition) is 2. The summed E-state index contributed by atoms with van der Waals surface area (Å²) in [4.78, 5) is 14.6. The molecule has 0 bridgehead atoms. The molecule has 0 aliphatic carbocycles. The number of carbonyl (C=O) groups excluding carboxylic acids is 1. The van der Waals surface area contributed by atoms with Gasteiger partial charge in [0.2, 0.25) is 0 Å². The first-order valence-corrected chi connectivity index (χ1v) is 6.65. The number of methoxy groups -OCH3 is 2. The molecule has 1 aliphatic heterocycles. The van der Waals surface area contributed by atoms with E-state index in [2.05, 4.69) is 5.32 Å². The zero-order chi connectivity index (χ0) is 14.5. The molecule has 3 N–H and O–H groups in total. The second kappa shape index (κ2) is 6.58. The molecule has 0 saturated carbocycles. The maximum atomic E-state index is 12.8. The number of amides is 1. The quantitative estimate of drug-likeness (QED) is 0.816. The Morgan fingerprint density at radius 2 is 2.05 bits per heavy atom. The largest absolute Gasteiger partial charge is 0.496 e. The van der Waals surface area contributed by atoms with Crippen molar-refractivity contribution in [2.75, 3.05) is 40.4 Å². The normalized spacial score (nSPS) is 18.8. The molecule has 1 saturated heterocycles. The van der Waals surface area contributed by atoms with Gasteiger partial charge in [0.1, 0.15) is 17.1 Å². The highest BCUT2D eigenvalue weighted by Gasteiger charge is 2.30. The summed E-state index contributed by atoms with van der Waals surface area (Å²) >= 11 is 0. The van der Waals surface area contributed by atoms with Crippen molar-refractivity contribution in [3.63, 3.8) is 0 Å². The zero-order valence-corrected chi connectivity index (χ0v) is 11.9. The van der Waals surface area contributed by atoms with Gasteiger partial charge in [0.25, 0.3) is 5.91 Å². The van der Waals surface area contributed by atoms with E-state index in [-0.39, 0.29) is 11.9 Å². The molecule has 1 amide bonds. The van der Waals surface area contributed by atoms with Gasteiger partial charge in [0, 0.05) is 26.2 Å². The highest BCUT2D eigenvalue weighted by atomic mass is 16.5. The van der Waals surface area contributed by atoms with E-state index in [0.29, 0.717) is 36.7 Å². The number of carbonyl (C=O) groups is 1. The van der Waals surface area contributed by atoms with Crippen molar-refractivity contribution in [1.29, 1.82) is 0 Å². The first-order valence-electron chi connectivity index (χ1n) is 6.65. The fourth-order valence-electron chi connectivity index (χ4n) is 2.44. The van der Waals surface area contributed by atoms with Gasteiger partial charge in [-0.25, -0.2) is 0 Å². The van der Waals surface area contributed by atoms with Crippen LogP contribution in [-0.2, 0) is 0 Å². The van der Waals surface area contributed by atoms with Crippen LogP contribution in [0, 0.1) is 0 Å². The molecule has 0 radical (unpaired) electrons. The molecule has 1 aromatic carbocycles. The number of hydrogen-bond acceptors (Lipinski definition) is 5. The van der Waals surface area contributed by atoms with Crippen LogP contribution in [0.2, 0.25) is 0 Å². The van der Waals surface area contributed by atoms with E-state index < -0.39 is 0 Å². The van der Waals surface area contributed by atoms with Crippen LogP contribution in [0.1, 0.15) is 10.4 Å². The van der Waals surface area contributed by atoms with E-state index in [1.807, 2.05) is 0 Å². The Morgan fingerprint density at radius 3 is 2.60 bits per heavy atom. The molecule has 2 rings (SSSR count). The van der Waals surface area contributed by atoms with Gasteiger partial charge in [0.15, 0.2) is 0 Å². The summed E-state index contributed by atoms with van der Waals surface area (Å²) in [6.45, 7) is 2.53. The second-order valence-electron chi connectivity index (χ2n) is 4.63. The van der Waals surface area contributed by atoms with Gasteiger partial charge in [-0.1, -0.05) is 6.07 Å². The average Bonchev–Trinajstić information content (AvgIpc) is 2.53. The zero-order valence-electron chi connectivity index (χ0n) is 11.9. The van der Waals surface area contributed by atoms with Crippen LogP contribution in [0.5, 0.6) is 11.5 Å². The van der Waals surface area contributed by atoms with E-state index in [1.54, 1.807) is 37.3 Å². The van der Waals surface area contributed by atoms with Crippen LogP contribution < -0.4 is 20.5 Å². The van der Waals surface area contributed by atoms with Crippen LogP contribution in [0.25, 0.3) is 0 Å². The number of rotatable bonds is 4. The maximum Gasteiger partial charge on any atom is 0.261 e. The Bertz CT molecular complexity index is 456. The molecule has 6 nitrogen and oxygen atoms in total. The van der Waals surface area contributed by atoms with E-state index in [0.717, 1.165) is 6.54 Å². The van der Waals surface area contributed by atoms with E-state index in [1.165, 1.54) is 0 Å². The summed E-state index contributed by atoms with van der Waals surface area (Å²) in [5.41, 5.74) is 6.21. The Kier molecular flexibility index (Phi) is 4.81. The fourth-order valence-corrected chi connectivity index (χ4v) is 2.44. The Hall–Kier alpha value is -1.79. The van der Waals surface area contributed by atoms with Crippen molar-refractivity contribution in [1.82, 2.24) is 10.2 Å². The third-order valence-electron chi connectivity index (χ3n) is 3.52. The van der Waals surface area contributed by atoms with Crippen molar-refractivity contribution in [2.45, 2.75) is 6.04 Å². The van der Waals surface area contributed by atoms with Gasteiger partial charge in [-0.3, -0.25) is 4.79 Å². The minimum Gasteiger partial charge on any atom is -0.496 e. The molecule has 0 aromatic heterocycles. The Balaban J connectivity index is 2.36. The SMILES string of the molecule is COc1cccc(OC)c1C(=O)N1CCNCC1CN. The van der Waals surface area contributed by atoms with E-state index >= 15 is 0 Å². The molecular weight excluding hydrogens is 258 g/mol. The molecular formula is C14H21N3O3. The van der Waals surface area contributed by atoms with Gasteiger partial charge >= 0.3 is 0 Å². The number of nitrogens with zero attached hydrogens (tertiary/aromatic N) is 1. The smallest absolute Gasteiger partial charge is 0.261 e. The number of nitrogens with two attached hydrogens (primary N) is 1. The maximum absolute atomic E-state index is 12.8. The molecule has 1 heterocycles. The molecule has 6 heteroatoms. The van der Waals surface area contributed by atoms with Crippen molar-refractivity contribution >= 4 is 5.91 Å². The van der Waals surface area contributed by atoms with Crippen LogP contribution in [0.15, 0.2) is 18.2 Å². The minimum absolute atomic E-state index is 0.00846. The van der Waals surface area contributed by atoms with Crippen molar-refractivity contribution < 1.29 is 14.3 Å². The summed E-state index contributed by atoms with van der Waals surface area (Å²) in [6, 6.07) is 5.31. The summed E-state index contributed by atoms with van der Waals surface area (Å²) in [7, 11) is 3.09. The Morgan fingerprint density at radius 1 is 1.40 bits per heavy atom. The van der Waals surface area contributed by atoms with Crippen molar-refractivity contribution in [3.8, 4) is 11.5 Å². The molecule has 20 heavy (non-hydrogen) atoms. The molecule has 1 unspecified atom stereocenters. The topological polar surface area (TPSA) is 76.8 Å². The predicted molar refractivity (Wildman–Crippen MR) is 76.3 cm³/mol. The van der Waals surface area contributed by atoms with Crippen LogP contribution in [0.4, 0.5) is 0 Å². The summed E-state index contributed by atoms with van der Waals surface area (Å²) in [5, 5.41) is 3.24. The first kappa shape index (κ1) is 14.6. The van der Waals surface area contributed by atoms with Gasteiger partial charge in [-0.2, -0.15) is 0 Å². The molecule has 1 aromatic rings. The standard InChI is InChI=1S/C14H21N3O3/c1-19-11-4-3-5-12(20-2)13(11)14(18)17-7-6-16-9-10(17)8-15/h3-5,10,16H,6-9,15H2,1-2H3. The number of ether oxygens (including phenoxy) is 2. The average molecular weight is 279 g/mol. The number of nitrogens with one attached hydrogen (secondary N) is 1. The lowest BCUT2D eigenvalue weighted by atomic mass is 10.1. The monoisotopic (exact) mass is 279 g/mol. The van der Waals surface area contributed by atoms with E-state index in [9.17, 15) is 4.79 Å². The van der Waals surface area contributed by atoms with Crippen molar-refractivity contribution in [3.05, 3.63) is 23.8 Å². The van der Waals surface area contributed by atoms with Crippen LogP contribution in [-0.4, -0.2) is 57.2 Å². The molecule has 1 aliphatic rings. The number of piperazine rings is 1. The predicted octanol–water partition coefficient (Wildman–Crippen LogP) is 0.0765. The van der Waals surface area contributed by atoms with Crippen molar-refractivity contribution in [2.24, 2.45) is 5.73 Å². The van der Waals surface area contributed by atoms with Gasteiger partial charge in [-0.15, -0.1) is 0 Å². The lowest BCUT2D eigenvalue weighted by Gasteiger charge is -2.36. The van der Waals surface area contributed by atoms with Gasteiger partial charge in [0.05, 0.1) is 20.3 Å². The summed E-state index contributed by atoms with van der Waals surface area (Å²) in [5.74, 6) is 0.934. The summed E-state index contributed by atoms with van der Waals surface area (Å²) in [6.07, 6.45) is 0. The highest BCUT2D eigenvalue weighted by molar-refractivity contribution is 6.00. The third-order valence-corrected chi connectivity index (χ3v) is 3.52. The lowest BCUT2D eigenvalue weighted by molar-refractivity contribution is 0.0638. The fraction of sp³-hybridized carbons (Fsp3) is 0.500.